The van der Waals surface area contributed by atoms with Crippen molar-refractivity contribution in [1.29, 1.82) is 0 Å². The molecule has 3 heteroatoms. The maximum absolute atomic E-state index is 6.44. The summed E-state index contributed by atoms with van der Waals surface area (Å²) in [5.41, 5.74) is 22.0. The zero-order valence-electron chi connectivity index (χ0n) is 32.3. The van der Waals surface area contributed by atoms with Crippen molar-refractivity contribution < 1.29 is 4.74 Å². The molecule has 8 aromatic carbocycles. The van der Waals surface area contributed by atoms with Gasteiger partial charge in [0.15, 0.2) is 0 Å². The van der Waals surface area contributed by atoms with Crippen LogP contribution in [0.15, 0.2) is 226 Å². The fourth-order valence-corrected chi connectivity index (χ4v) is 7.02. The van der Waals surface area contributed by atoms with Crippen LogP contribution in [0.25, 0.3) is 44.5 Å². The Morgan fingerprint density at radius 2 is 0.877 bits per heavy atom. The topological polar surface area (TPSA) is 38.5 Å². The molecule has 0 heterocycles. The Labute approximate surface area is 337 Å². The first kappa shape index (κ1) is 37.9. The van der Waals surface area contributed by atoms with Gasteiger partial charge < -0.3 is 15.4 Å². The molecule has 0 amide bonds. The van der Waals surface area contributed by atoms with Crippen LogP contribution < -0.4 is 15.4 Å². The van der Waals surface area contributed by atoms with Crippen LogP contribution in [0, 0.1) is 6.92 Å². The maximum Gasteiger partial charge on any atom is 0.142 e. The fraction of sp³-hybridized carbons (Fsp3) is 0.0370. The van der Waals surface area contributed by atoms with Gasteiger partial charge >= 0.3 is 0 Å². The molecule has 0 radical (unpaired) electrons. The van der Waals surface area contributed by atoms with E-state index in [-0.39, 0.29) is 0 Å². The van der Waals surface area contributed by atoms with Crippen LogP contribution >= 0.6 is 0 Å². The van der Waals surface area contributed by atoms with Gasteiger partial charge in [0.1, 0.15) is 12.4 Å². The summed E-state index contributed by atoms with van der Waals surface area (Å²) in [5.74, 6) is 0.689. The molecule has 0 aliphatic rings. The highest BCUT2D eigenvalue weighted by atomic mass is 16.5. The van der Waals surface area contributed by atoms with Gasteiger partial charge in [-0.2, -0.15) is 0 Å². The van der Waals surface area contributed by atoms with Crippen LogP contribution in [0.3, 0.4) is 0 Å². The lowest BCUT2D eigenvalue weighted by atomic mass is 9.89. The number of hydrogen-bond donors (Lipinski definition) is 1. The maximum atomic E-state index is 6.44. The van der Waals surface area contributed by atoms with Crippen LogP contribution in [-0.4, -0.2) is 0 Å². The number of para-hydroxylation sites is 2. The molecular formula is C54H46N2O. The molecule has 8 rings (SSSR count). The second kappa shape index (κ2) is 18.3. The largest absolute Gasteiger partial charge is 0.487 e. The Morgan fingerprint density at radius 1 is 0.456 bits per heavy atom. The van der Waals surface area contributed by atoms with E-state index in [0.29, 0.717) is 18.0 Å². The standard InChI is InChI=1S/C50H40N2O.C4H6/c1-36-14-8-9-19-44(36)40-30-33-50(49(51)34-40)53-35-37-24-26-38(27-25-37)45-20-10-12-22-47(45)48-23-13-11-21-46(48)39-28-31-43(32-29-39)52(41-15-4-2-5-16-41)42-17-6-3-7-18-42;1-3-4-2/h2-34H,35,51H2,1H3;3-4H,1-2H2. The summed E-state index contributed by atoms with van der Waals surface area (Å²) in [4.78, 5) is 2.29. The van der Waals surface area contributed by atoms with Crippen LogP contribution in [0.5, 0.6) is 5.75 Å². The molecule has 0 aliphatic heterocycles. The number of ether oxygens (including phenoxy) is 1. The Morgan fingerprint density at radius 3 is 1.37 bits per heavy atom. The Balaban J connectivity index is 0.00000119. The number of nitrogen functional groups attached to an aromatic ring is 1. The van der Waals surface area contributed by atoms with E-state index in [1.54, 1.807) is 12.2 Å². The van der Waals surface area contributed by atoms with E-state index < -0.39 is 0 Å². The molecule has 0 spiro atoms. The van der Waals surface area contributed by atoms with Crippen molar-refractivity contribution in [2.75, 3.05) is 10.6 Å². The molecule has 0 atom stereocenters. The van der Waals surface area contributed by atoms with Gasteiger partial charge in [0.2, 0.25) is 0 Å². The summed E-state index contributed by atoms with van der Waals surface area (Å²) in [6, 6.07) is 70.2. The van der Waals surface area contributed by atoms with Crippen molar-refractivity contribution in [2.45, 2.75) is 13.5 Å². The van der Waals surface area contributed by atoms with Gasteiger partial charge in [-0.05, 0) is 111 Å². The van der Waals surface area contributed by atoms with Crippen LogP contribution in [0.2, 0.25) is 0 Å². The van der Waals surface area contributed by atoms with Crippen LogP contribution in [-0.2, 0) is 6.61 Å². The highest BCUT2D eigenvalue weighted by Crippen LogP contribution is 2.40. The summed E-state index contributed by atoms with van der Waals surface area (Å²) in [6.07, 6.45) is 3.28. The predicted octanol–water partition coefficient (Wildman–Crippen LogP) is 14.7. The van der Waals surface area contributed by atoms with Gasteiger partial charge in [0, 0.05) is 17.1 Å². The minimum Gasteiger partial charge on any atom is -0.487 e. The molecule has 57 heavy (non-hydrogen) atoms. The molecular weight excluding hydrogens is 693 g/mol. The normalized spacial score (nSPS) is 10.5. The van der Waals surface area contributed by atoms with E-state index >= 15 is 0 Å². The molecule has 2 N–H and O–H groups in total. The van der Waals surface area contributed by atoms with Crippen molar-refractivity contribution in [3.8, 4) is 50.3 Å². The molecule has 0 unspecified atom stereocenters. The quantitative estimate of drug-likeness (QED) is 0.106. The Kier molecular flexibility index (Phi) is 12.2. The second-order valence-electron chi connectivity index (χ2n) is 13.7. The lowest BCUT2D eigenvalue weighted by Crippen LogP contribution is -2.09. The fourth-order valence-electron chi connectivity index (χ4n) is 7.02. The molecule has 0 fully saturated rings. The van der Waals surface area contributed by atoms with E-state index in [0.717, 1.165) is 33.8 Å². The first-order valence-electron chi connectivity index (χ1n) is 19.1. The van der Waals surface area contributed by atoms with Gasteiger partial charge in [-0.3, -0.25) is 0 Å². The molecule has 3 nitrogen and oxygen atoms in total. The number of hydrogen-bond acceptors (Lipinski definition) is 3. The first-order valence-corrected chi connectivity index (χ1v) is 19.1. The van der Waals surface area contributed by atoms with E-state index in [9.17, 15) is 0 Å². The zero-order chi connectivity index (χ0) is 39.4. The smallest absolute Gasteiger partial charge is 0.142 e. The SMILES string of the molecule is C=CC=C.Cc1ccccc1-c1ccc(OCc2ccc(-c3ccccc3-c3ccccc3-c3ccc(N(c4ccccc4)c4ccccc4)cc3)cc2)c(N)c1. The number of anilines is 4. The van der Waals surface area contributed by atoms with Gasteiger partial charge in [-0.15, -0.1) is 0 Å². The molecule has 0 saturated carbocycles. The molecule has 278 valence electrons. The van der Waals surface area contributed by atoms with Gasteiger partial charge in [0.05, 0.1) is 5.69 Å². The summed E-state index contributed by atoms with van der Waals surface area (Å²) in [6.45, 7) is 9.27. The summed E-state index contributed by atoms with van der Waals surface area (Å²) >= 11 is 0. The van der Waals surface area contributed by atoms with Crippen molar-refractivity contribution in [3.05, 3.63) is 237 Å². The van der Waals surface area contributed by atoms with E-state index in [1.165, 1.54) is 38.9 Å². The summed E-state index contributed by atoms with van der Waals surface area (Å²) in [7, 11) is 0. The van der Waals surface area contributed by atoms with Crippen molar-refractivity contribution in [2.24, 2.45) is 0 Å². The lowest BCUT2D eigenvalue weighted by Gasteiger charge is -2.25. The molecule has 0 aromatic heterocycles. The number of nitrogens with two attached hydrogens (primary N) is 1. The Hall–Kier alpha value is -7.36. The number of nitrogens with zero attached hydrogens (tertiary/aromatic N) is 1. The van der Waals surface area contributed by atoms with Gasteiger partial charge in [0.25, 0.3) is 0 Å². The molecule has 0 saturated heterocycles. The lowest BCUT2D eigenvalue weighted by molar-refractivity contribution is 0.308. The molecule has 0 bridgehead atoms. The first-order chi connectivity index (χ1) is 28.0. The number of allylic oxidation sites excluding steroid dienone is 2. The van der Waals surface area contributed by atoms with Crippen LogP contribution in [0.4, 0.5) is 22.7 Å². The zero-order valence-corrected chi connectivity index (χ0v) is 32.3. The predicted molar refractivity (Wildman–Crippen MR) is 243 cm³/mol. The monoisotopic (exact) mass is 738 g/mol. The summed E-state index contributed by atoms with van der Waals surface area (Å²) < 4.78 is 6.19. The average Bonchev–Trinajstić information content (AvgIpc) is 3.27. The summed E-state index contributed by atoms with van der Waals surface area (Å²) in [5, 5.41) is 0. The number of benzene rings is 8. The second-order valence-corrected chi connectivity index (χ2v) is 13.7. The van der Waals surface area contributed by atoms with Gasteiger partial charge in [-0.25, -0.2) is 0 Å². The third-order valence-corrected chi connectivity index (χ3v) is 9.90. The van der Waals surface area contributed by atoms with E-state index in [4.69, 9.17) is 10.5 Å². The molecule has 0 aliphatic carbocycles. The highest BCUT2D eigenvalue weighted by molar-refractivity contribution is 5.92. The van der Waals surface area contributed by atoms with Crippen LogP contribution in [0.1, 0.15) is 11.1 Å². The van der Waals surface area contributed by atoms with Crippen molar-refractivity contribution in [1.82, 2.24) is 0 Å². The van der Waals surface area contributed by atoms with E-state index in [1.807, 2.05) is 12.1 Å². The van der Waals surface area contributed by atoms with Gasteiger partial charge in [-0.1, -0.05) is 177 Å². The average molecular weight is 739 g/mol. The van der Waals surface area contributed by atoms with Crippen molar-refractivity contribution in [3.63, 3.8) is 0 Å². The van der Waals surface area contributed by atoms with E-state index in [2.05, 4.69) is 213 Å². The minimum absolute atomic E-state index is 0.431. The Bertz CT molecular complexity index is 2510. The highest BCUT2D eigenvalue weighted by Gasteiger charge is 2.15. The number of aryl methyl sites for hydroxylation is 1. The van der Waals surface area contributed by atoms with Crippen molar-refractivity contribution >= 4 is 22.7 Å². The third-order valence-electron chi connectivity index (χ3n) is 9.90. The number of rotatable bonds is 11. The third kappa shape index (κ3) is 8.96. The molecule has 8 aromatic rings. The minimum atomic E-state index is 0.431.